The van der Waals surface area contributed by atoms with E-state index in [9.17, 15) is 18.9 Å². The van der Waals surface area contributed by atoms with Gasteiger partial charge in [0, 0.05) is 29.4 Å². The molecule has 0 saturated heterocycles. The number of hydrogen-bond acceptors (Lipinski definition) is 5. The van der Waals surface area contributed by atoms with Crippen molar-refractivity contribution in [3.05, 3.63) is 33.9 Å². The van der Waals surface area contributed by atoms with Gasteiger partial charge in [0.1, 0.15) is 5.75 Å². The third-order valence-electron chi connectivity index (χ3n) is 3.49. The Morgan fingerprint density at radius 2 is 2.05 bits per heavy atom. The summed E-state index contributed by atoms with van der Waals surface area (Å²) in [5.41, 5.74) is 0.531. The van der Waals surface area contributed by atoms with Gasteiger partial charge in [0.25, 0.3) is 5.69 Å². The summed E-state index contributed by atoms with van der Waals surface area (Å²) >= 11 is -2.38. The Morgan fingerprint density at radius 3 is 2.67 bits per heavy atom. The van der Waals surface area contributed by atoms with Crippen molar-refractivity contribution in [3.63, 3.8) is 0 Å². The Labute approximate surface area is 125 Å². The van der Waals surface area contributed by atoms with E-state index in [1.165, 1.54) is 24.6 Å². The first-order chi connectivity index (χ1) is 10.1. The van der Waals surface area contributed by atoms with Crippen LogP contribution in [-0.2, 0) is 17.8 Å². The Bertz CT molecular complexity index is 531. The molecular formula is C13H17N2O5S-. The van der Waals surface area contributed by atoms with Crippen molar-refractivity contribution >= 4 is 17.0 Å². The van der Waals surface area contributed by atoms with E-state index in [2.05, 4.69) is 4.72 Å². The van der Waals surface area contributed by atoms with Gasteiger partial charge in [-0.15, -0.1) is 0 Å². The minimum Gasteiger partial charge on any atom is -0.760 e. The van der Waals surface area contributed by atoms with Crippen LogP contribution in [0.15, 0.2) is 18.2 Å². The van der Waals surface area contributed by atoms with Crippen LogP contribution in [0.25, 0.3) is 0 Å². The van der Waals surface area contributed by atoms with E-state index in [4.69, 9.17) is 4.74 Å². The molecule has 21 heavy (non-hydrogen) atoms. The minimum absolute atomic E-state index is 0.0391. The van der Waals surface area contributed by atoms with Crippen LogP contribution in [0, 0.1) is 10.1 Å². The summed E-state index contributed by atoms with van der Waals surface area (Å²) in [6.07, 6.45) is 5.22. The fourth-order valence-electron chi connectivity index (χ4n) is 2.41. The third-order valence-corrected chi connectivity index (χ3v) is 3.87. The first kappa shape index (κ1) is 15.9. The second-order valence-electron chi connectivity index (χ2n) is 4.98. The standard InChI is InChI=1S/C13H18N2O5S/c16-15(17)11-7-6-10(9-14-21(18)19)13(8-11)20-12-4-2-1-3-5-12/h6-8,12,14H,1-5,9H2,(H,18,19)/p-1. The van der Waals surface area contributed by atoms with Crippen LogP contribution in [0.1, 0.15) is 37.7 Å². The van der Waals surface area contributed by atoms with Crippen molar-refractivity contribution in [1.82, 2.24) is 4.72 Å². The molecule has 0 amide bonds. The second-order valence-corrected chi connectivity index (χ2v) is 5.74. The molecule has 1 aromatic carbocycles. The fraction of sp³-hybridized carbons (Fsp3) is 0.538. The lowest BCUT2D eigenvalue weighted by Crippen LogP contribution is -2.22. The van der Waals surface area contributed by atoms with Crippen molar-refractivity contribution in [2.45, 2.75) is 44.8 Å². The van der Waals surface area contributed by atoms with Gasteiger partial charge >= 0.3 is 0 Å². The monoisotopic (exact) mass is 313 g/mol. The highest BCUT2D eigenvalue weighted by atomic mass is 32.2. The number of rotatable bonds is 6. The van der Waals surface area contributed by atoms with Gasteiger partial charge < -0.3 is 9.29 Å². The van der Waals surface area contributed by atoms with Gasteiger partial charge in [0.15, 0.2) is 0 Å². The van der Waals surface area contributed by atoms with Crippen molar-refractivity contribution in [2.24, 2.45) is 0 Å². The van der Waals surface area contributed by atoms with Crippen LogP contribution in [0.4, 0.5) is 5.69 Å². The Hall–Kier alpha value is -1.51. The highest BCUT2D eigenvalue weighted by Gasteiger charge is 2.18. The summed E-state index contributed by atoms with van der Waals surface area (Å²) in [7, 11) is 0. The van der Waals surface area contributed by atoms with Crippen molar-refractivity contribution in [2.75, 3.05) is 0 Å². The van der Waals surface area contributed by atoms with Crippen LogP contribution in [0.3, 0.4) is 0 Å². The second kappa shape index (κ2) is 7.48. The summed E-state index contributed by atoms with van der Waals surface area (Å²) in [5, 5.41) is 10.9. The fourth-order valence-corrected chi connectivity index (χ4v) is 2.69. The van der Waals surface area contributed by atoms with Crippen LogP contribution < -0.4 is 9.46 Å². The molecule has 1 saturated carbocycles. The molecule has 1 unspecified atom stereocenters. The maximum Gasteiger partial charge on any atom is 0.273 e. The summed E-state index contributed by atoms with van der Waals surface area (Å²) < 4.78 is 29.3. The Balaban J connectivity index is 2.17. The van der Waals surface area contributed by atoms with Gasteiger partial charge in [0.2, 0.25) is 0 Å². The molecule has 1 N–H and O–H groups in total. The molecule has 0 radical (unpaired) electrons. The average molecular weight is 313 g/mol. The molecule has 0 aliphatic heterocycles. The van der Waals surface area contributed by atoms with Crippen molar-refractivity contribution < 1.29 is 18.4 Å². The first-order valence-electron chi connectivity index (χ1n) is 6.83. The molecule has 0 bridgehead atoms. The van der Waals surface area contributed by atoms with Crippen LogP contribution >= 0.6 is 0 Å². The third kappa shape index (κ3) is 4.76. The smallest absolute Gasteiger partial charge is 0.273 e. The van der Waals surface area contributed by atoms with Crippen molar-refractivity contribution in [1.29, 1.82) is 0 Å². The van der Waals surface area contributed by atoms with Gasteiger partial charge in [-0.3, -0.25) is 14.3 Å². The van der Waals surface area contributed by atoms with Gasteiger partial charge in [0.05, 0.1) is 17.1 Å². The average Bonchev–Trinajstić information content (AvgIpc) is 2.46. The lowest BCUT2D eigenvalue weighted by atomic mass is 9.97. The van der Waals surface area contributed by atoms with Gasteiger partial charge in [-0.2, -0.15) is 0 Å². The summed E-state index contributed by atoms with van der Waals surface area (Å²) in [5.74, 6) is 0.383. The predicted molar refractivity (Wildman–Crippen MR) is 76.4 cm³/mol. The van der Waals surface area contributed by atoms with E-state index >= 15 is 0 Å². The normalized spacial score (nSPS) is 17.4. The Kier molecular flexibility index (Phi) is 5.66. The lowest BCUT2D eigenvalue weighted by Gasteiger charge is -2.24. The number of ether oxygens (including phenoxy) is 1. The topological polar surface area (TPSA) is 105 Å². The van der Waals surface area contributed by atoms with E-state index in [-0.39, 0.29) is 18.3 Å². The molecule has 0 aromatic heterocycles. The largest absolute Gasteiger partial charge is 0.760 e. The van der Waals surface area contributed by atoms with Gasteiger partial charge in [-0.05, 0) is 31.7 Å². The highest BCUT2D eigenvalue weighted by Crippen LogP contribution is 2.29. The molecule has 2 rings (SSSR count). The quantitative estimate of drug-likeness (QED) is 0.492. The molecule has 1 atom stereocenters. The molecule has 0 spiro atoms. The summed E-state index contributed by atoms with van der Waals surface area (Å²) in [6.45, 7) is 0.0517. The zero-order chi connectivity index (χ0) is 15.2. The number of nitrogens with zero attached hydrogens (tertiary/aromatic N) is 1. The van der Waals surface area contributed by atoms with E-state index in [0.29, 0.717) is 11.3 Å². The minimum atomic E-state index is -2.38. The number of hydrogen-bond donors (Lipinski definition) is 1. The first-order valence-corrected chi connectivity index (χ1v) is 7.90. The number of nitrogens with one attached hydrogen (secondary N) is 1. The molecule has 0 heterocycles. The maximum absolute atomic E-state index is 10.9. The predicted octanol–water partition coefficient (Wildman–Crippen LogP) is 2.19. The number of nitro groups is 1. The SMILES string of the molecule is O=[N+]([O-])c1ccc(CNS(=O)[O-])c(OC2CCCCC2)c1. The maximum atomic E-state index is 10.9. The molecule has 1 aliphatic rings. The number of benzene rings is 1. The van der Waals surface area contributed by atoms with Gasteiger partial charge in [-0.1, -0.05) is 6.42 Å². The number of nitro benzene ring substituents is 1. The molecular weight excluding hydrogens is 296 g/mol. The van der Waals surface area contributed by atoms with Crippen LogP contribution in [-0.4, -0.2) is 19.8 Å². The van der Waals surface area contributed by atoms with E-state index < -0.39 is 16.2 Å². The molecule has 1 aliphatic carbocycles. The molecule has 7 nitrogen and oxygen atoms in total. The van der Waals surface area contributed by atoms with Crippen LogP contribution in [0.5, 0.6) is 5.75 Å². The van der Waals surface area contributed by atoms with Crippen LogP contribution in [0.2, 0.25) is 0 Å². The number of non-ortho nitro benzene ring substituents is 1. The van der Waals surface area contributed by atoms with E-state index in [1.807, 2.05) is 0 Å². The summed E-state index contributed by atoms with van der Waals surface area (Å²) in [4.78, 5) is 10.4. The lowest BCUT2D eigenvalue weighted by molar-refractivity contribution is -0.385. The Morgan fingerprint density at radius 1 is 1.33 bits per heavy atom. The van der Waals surface area contributed by atoms with E-state index in [1.54, 1.807) is 0 Å². The molecule has 1 fully saturated rings. The van der Waals surface area contributed by atoms with E-state index in [0.717, 1.165) is 25.7 Å². The molecule has 1 aromatic rings. The summed E-state index contributed by atoms with van der Waals surface area (Å²) in [6, 6.07) is 4.23. The zero-order valence-electron chi connectivity index (χ0n) is 11.4. The molecule has 8 heteroatoms. The zero-order valence-corrected chi connectivity index (χ0v) is 12.3. The highest BCUT2D eigenvalue weighted by molar-refractivity contribution is 7.77. The van der Waals surface area contributed by atoms with Gasteiger partial charge in [-0.25, -0.2) is 4.72 Å². The molecule has 116 valence electrons. The van der Waals surface area contributed by atoms with Crippen molar-refractivity contribution in [3.8, 4) is 5.75 Å².